The smallest absolute Gasteiger partial charge is 0.0134 e. The molecule has 0 unspecified atom stereocenters. The second-order valence-electron chi connectivity index (χ2n) is 7.43. The van der Waals surface area contributed by atoms with E-state index < -0.39 is 0 Å². The average molecular weight is 264 g/mol. The van der Waals surface area contributed by atoms with Gasteiger partial charge in [-0.3, -0.25) is 0 Å². The minimum atomic E-state index is -0.179. The summed E-state index contributed by atoms with van der Waals surface area (Å²) in [6.07, 6.45) is 0. The molecule has 1 heteroatoms. The Hall–Kier alpha value is -0.350. The van der Waals surface area contributed by atoms with Crippen molar-refractivity contribution >= 4 is 13.2 Å². The van der Waals surface area contributed by atoms with Crippen LogP contribution in [0.4, 0.5) is 0 Å². The average Bonchev–Trinajstić information content (AvgIpc) is 2.13. The summed E-state index contributed by atoms with van der Waals surface area (Å²) in [4.78, 5) is 0. The molecule has 1 aromatic rings. The maximum atomic E-state index is 2.44. The Bertz CT molecular complexity index is 377. The first-order valence-electron chi connectivity index (χ1n) is 6.94. The third-order valence-electron chi connectivity index (χ3n) is 3.14. The van der Waals surface area contributed by atoms with E-state index in [0.29, 0.717) is 16.2 Å². The first-order valence-corrected chi connectivity index (χ1v) is 8.28. The predicted molar refractivity (Wildman–Crippen MR) is 86.6 cm³/mol. The van der Waals surface area contributed by atoms with Crippen molar-refractivity contribution in [1.82, 2.24) is 0 Å². The van der Waals surface area contributed by atoms with Crippen LogP contribution in [0.5, 0.6) is 0 Å². The van der Waals surface area contributed by atoms with E-state index in [-0.39, 0.29) is 7.92 Å². The van der Waals surface area contributed by atoms with E-state index in [1.54, 1.807) is 5.30 Å². The zero-order valence-electron chi connectivity index (χ0n) is 13.3. The third-order valence-corrected chi connectivity index (χ3v) is 6.61. The molecule has 0 spiro atoms. The van der Waals surface area contributed by atoms with Gasteiger partial charge >= 0.3 is 0 Å². The zero-order chi connectivity index (χ0) is 14.1. The SMILES string of the molecule is CC(C)c1cccc(P(C(C)(C)C)C(C)(C)C)c1. The van der Waals surface area contributed by atoms with E-state index in [9.17, 15) is 0 Å². The molecule has 102 valence electrons. The highest BCUT2D eigenvalue weighted by Gasteiger charge is 2.35. The Morgan fingerprint density at radius 1 is 0.889 bits per heavy atom. The summed E-state index contributed by atoms with van der Waals surface area (Å²) in [7, 11) is -0.179. The number of benzene rings is 1. The standard InChI is InChI=1S/C17H29P/c1-13(2)14-10-9-11-15(12-14)18(16(3,4)5)17(6,7)8/h9-13H,1-8H3. The fourth-order valence-corrected chi connectivity index (χ4v) is 6.88. The maximum Gasteiger partial charge on any atom is -0.0134 e. The van der Waals surface area contributed by atoms with E-state index in [4.69, 9.17) is 0 Å². The van der Waals surface area contributed by atoms with Gasteiger partial charge in [0, 0.05) is 0 Å². The minimum Gasteiger partial charge on any atom is -0.0643 e. The molecule has 18 heavy (non-hydrogen) atoms. The van der Waals surface area contributed by atoms with Crippen LogP contribution in [0.1, 0.15) is 66.9 Å². The second kappa shape index (κ2) is 5.33. The van der Waals surface area contributed by atoms with Crippen molar-refractivity contribution < 1.29 is 0 Å². The quantitative estimate of drug-likeness (QED) is 0.617. The fraction of sp³-hybridized carbons (Fsp3) is 0.647. The molecule has 0 aromatic heterocycles. The van der Waals surface area contributed by atoms with E-state index in [1.807, 2.05) is 0 Å². The summed E-state index contributed by atoms with van der Waals surface area (Å²) in [5.74, 6) is 0.613. The van der Waals surface area contributed by atoms with Gasteiger partial charge < -0.3 is 0 Å². The Morgan fingerprint density at radius 3 is 1.78 bits per heavy atom. The van der Waals surface area contributed by atoms with Crippen LogP contribution in [-0.4, -0.2) is 10.3 Å². The topological polar surface area (TPSA) is 0 Å². The normalized spacial score (nSPS) is 13.4. The molecular formula is C17H29P. The molecule has 0 N–H and O–H groups in total. The van der Waals surface area contributed by atoms with Crippen molar-refractivity contribution in [3.63, 3.8) is 0 Å². The first-order chi connectivity index (χ1) is 8.03. The lowest BCUT2D eigenvalue weighted by molar-refractivity contribution is 0.714. The molecule has 1 aromatic carbocycles. The van der Waals surface area contributed by atoms with Gasteiger partial charge in [-0.1, -0.05) is 87.6 Å². The van der Waals surface area contributed by atoms with Crippen molar-refractivity contribution in [3.8, 4) is 0 Å². The molecule has 0 aliphatic rings. The number of rotatable bonds is 2. The molecule has 0 saturated heterocycles. The van der Waals surface area contributed by atoms with Crippen molar-refractivity contribution in [2.45, 2.75) is 71.6 Å². The summed E-state index contributed by atoms with van der Waals surface area (Å²) in [5, 5.41) is 2.25. The van der Waals surface area contributed by atoms with Crippen LogP contribution in [0.15, 0.2) is 24.3 Å². The van der Waals surface area contributed by atoms with Gasteiger partial charge in [0.05, 0.1) is 0 Å². The largest absolute Gasteiger partial charge is 0.0643 e. The summed E-state index contributed by atoms with van der Waals surface area (Å²) in [6, 6.07) is 9.26. The van der Waals surface area contributed by atoms with E-state index in [0.717, 1.165) is 0 Å². The van der Waals surface area contributed by atoms with Crippen molar-refractivity contribution in [3.05, 3.63) is 29.8 Å². The summed E-state index contributed by atoms with van der Waals surface area (Å²) in [5.41, 5.74) is 1.47. The number of hydrogen-bond acceptors (Lipinski definition) is 0. The molecule has 0 fully saturated rings. The van der Waals surface area contributed by atoms with Crippen molar-refractivity contribution in [2.75, 3.05) is 0 Å². The van der Waals surface area contributed by atoms with Crippen LogP contribution >= 0.6 is 7.92 Å². The van der Waals surface area contributed by atoms with E-state index >= 15 is 0 Å². The van der Waals surface area contributed by atoms with Crippen LogP contribution in [0.2, 0.25) is 0 Å². The van der Waals surface area contributed by atoms with Gasteiger partial charge in [-0.15, -0.1) is 0 Å². The highest BCUT2D eigenvalue weighted by atomic mass is 31.1. The maximum absolute atomic E-state index is 2.44. The third kappa shape index (κ3) is 3.82. The van der Waals surface area contributed by atoms with E-state index in [1.165, 1.54) is 5.56 Å². The molecule has 0 nitrogen and oxygen atoms in total. The first kappa shape index (κ1) is 15.7. The molecule has 0 bridgehead atoms. The monoisotopic (exact) mass is 264 g/mol. The van der Waals surface area contributed by atoms with Gasteiger partial charge in [-0.05, 0) is 27.1 Å². The number of hydrogen-bond donors (Lipinski definition) is 0. The molecule has 1 rings (SSSR count). The highest BCUT2D eigenvalue weighted by Crippen LogP contribution is 2.58. The lowest BCUT2D eigenvalue weighted by atomic mass is 10.0. The van der Waals surface area contributed by atoms with Crippen LogP contribution in [-0.2, 0) is 0 Å². The zero-order valence-corrected chi connectivity index (χ0v) is 14.2. The Labute approximate surface area is 115 Å². The van der Waals surface area contributed by atoms with Gasteiger partial charge in [-0.2, -0.15) is 0 Å². The van der Waals surface area contributed by atoms with Crippen molar-refractivity contribution in [1.29, 1.82) is 0 Å². The molecule has 0 amide bonds. The van der Waals surface area contributed by atoms with Gasteiger partial charge in [0.15, 0.2) is 0 Å². The van der Waals surface area contributed by atoms with Gasteiger partial charge in [0.2, 0.25) is 0 Å². The van der Waals surface area contributed by atoms with Gasteiger partial charge in [0.1, 0.15) is 0 Å². The molecule has 0 radical (unpaired) electrons. The van der Waals surface area contributed by atoms with Crippen LogP contribution in [0.3, 0.4) is 0 Å². The van der Waals surface area contributed by atoms with Crippen molar-refractivity contribution in [2.24, 2.45) is 0 Å². The van der Waals surface area contributed by atoms with Crippen LogP contribution in [0, 0.1) is 0 Å². The summed E-state index contributed by atoms with van der Waals surface area (Å²) < 4.78 is 0. The van der Waals surface area contributed by atoms with Crippen LogP contribution in [0.25, 0.3) is 0 Å². The predicted octanol–water partition coefficient (Wildman–Crippen LogP) is 5.51. The molecule has 0 atom stereocenters. The van der Waals surface area contributed by atoms with Gasteiger partial charge in [0.25, 0.3) is 0 Å². The fourth-order valence-electron chi connectivity index (χ4n) is 2.80. The molecule has 0 heterocycles. The summed E-state index contributed by atoms with van der Waals surface area (Å²) in [6.45, 7) is 18.8. The Morgan fingerprint density at radius 2 is 1.39 bits per heavy atom. The van der Waals surface area contributed by atoms with Gasteiger partial charge in [-0.25, -0.2) is 0 Å². The molecule has 0 aliphatic heterocycles. The lowest BCUT2D eigenvalue weighted by Crippen LogP contribution is -2.31. The molecule has 0 saturated carbocycles. The summed E-state index contributed by atoms with van der Waals surface area (Å²) >= 11 is 0. The Kier molecular flexibility index (Phi) is 4.65. The Balaban J connectivity index is 3.27. The molecular weight excluding hydrogens is 235 g/mol. The highest BCUT2D eigenvalue weighted by molar-refractivity contribution is 7.68. The van der Waals surface area contributed by atoms with Crippen LogP contribution < -0.4 is 5.30 Å². The van der Waals surface area contributed by atoms with E-state index in [2.05, 4.69) is 79.7 Å². The minimum absolute atomic E-state index is 0.179. The lowest BCUT2D eigenvalue weighted by Gasteiger charge is -2.42. The second-order valence-corrected chi connectivity index (χ2v) is 11.3. The molecule has 0 aliphatic carbocycles.